The summed E-state index contributed by atoms with van der Waals surface area (Å²) in [6.07, 6.45) is 3.33. The van der Waals surface area contributed by atoms with Crippen LogP contribution < -0.4 is 16.0 Å². The molecule has 224 valence electrons. The second kappa shape index (κ2) is 9.05. The third-order valence-corrected chi connectivity index (χ3v) is 11.1. The van der Waals surface area contributed by atoms with Crippen LogP contribution in [-0.2, 0) is 14.4 Å². The summed E-state index contributed by atoms with van der Waals surface area (Å²) in [5.74, 6) is -1.05. The fourth-order valence-electron chi connectivity index (χ4n) is 7.89. The minimum Gasteiger partial charge on any atom is -0.350 e. The zero-order chi connectivity index (χ0) is 29.7. The number of fused-ring (bicyclic) bond motifs is 1. The molecule has 3 saturated carbocycles. The van der Waals surface area contributed by atoms with Crippen LogP contribution in [0.15, 0.2) is 0 Å². The van der Waals surface area contributed by atoms with Crippen LogP contribution in [0.3, 0.4) is 0 Å². The number of urea groups is 1. The first kappa shape index (κ1) is 28.2. The van der Waals surface area contributed by atoms with E-state index in [0.717, 1.165) is 25.7 Å². The van der Waals surface area contributed by atoms with Gasteiger partial charge in [-0.15, -0.1) is 0 Å². The molecule has 3 aliphatic carbocycles. The molecule has 6 rings (SSSR count). The van der Waals surface area contributed by atoms with Gasteiger partial charge in [0.25, 0.3) is 0 Å². The normalized spacial score (nSPS) is 34.5. The Kier molecular flexibility index (Phi) is 6.23. The van der Waals surface area contributed by atoms with Crippen molar-refractivity contribution in [3.8, 4) is 6.07 Å². The maximum atomic E-state index is 14.5. The first-order valence-corrected chi connectivity index (χ1v) is 15.1. The van der Waals surface area contributed by atoms with Crippen LogP contribution >= 0.6 is 0 Å². The quantitative estimate of drug-likeness (QED) is 0.450. The summed E-state index contributed by atoms with van der Waals surface area (Å²) in [6, 6.07) is -0.833. The maximum Gasteiger partial charge on any atom is 0.318 e. The molecule has 0 bridgehead atoms. The Morgan fingerprint density at radius 1 is 1.15 bits per heavy atom. The molecule has 0 aromatic rings. The number of carbonyl (C=O) groups excluding carboxylic acids is 4. The number of nitrogens with zero attached hydrogens (tertiary/aromatic N) is 3. The lowest BCUT2D eigenvalue weighted by molar-refractivity contribution is -0.144. The van der Waals surface area contributed by atoms with E-state index in [1.807, 2.05) is 20.8 Å². The standard InChI is InChI=1S/C30H43FN6O4/c1-27(2,3)22(34-26(41)36-14-19(31)29(15-36)6-7-29)25(40)37-13-18-20(28(18,4)5)21(37)24(39)33-17(12-32)10-16-11-30(8-9-30)35-23(16)38/h16-22H,6-11,13-15H2,1-5H3,(H,33,39)(H,34,41)(H,35,38)/t16-,17+,18+,19+,20?,21+,22-/m1/s1. The number of halogens is 1. The summed E-state index contributed by atoms with van der Waals surface area (Å²) < 4.78 is 14.5. The summed E-state index contributed by atoms with van der Waals surface area (Å²) in [4.78, 5) is 56.6. The third kappa shape index (κ3) is 4.75. The summed E-state index contributed by atoms with van der Waals surface area (Å²) in [6.45, 7) is 10.5. The van der Waals surface area contributed by atoms with Gasteiger partial charge < -0.3 is 25.8 Å². The van der Waals surface area contributed by atoms with E-state index in [0.29, 0.717) is 19.5 Å². The van der Waals surface area contributed by atoms with Gasteiger partial charge in [0.05, 0.1) is 12.6 Å². The Morgan fingerprint density at radius 3 is 2.37 bits per heavy atom. The van der Waals surface area contributed by atoms with Crippen molar-refractivity contribution < 1.29 is 23.6 Å². The Hall–Kier alpha value is -2.90. The molecule has 10 nitrogen and oxygen atoms in total. The average Bonchev–Trinajstić information content (AvgIpc) is 3.80. The van der Waals surface area contributed by atoms with E-state index >= 15 is 0 Å². The van der Waals surface area contributed by atoms with Gasteiger partial charge in [-0.1, -0.05) is 34.6 Å². The molecule has 7 atom stereocenters. The molecule has 1 unspecified atom stereocenters. The van der Waals surface area contributed by atoms with Crippen molar-refractivity contribution in [1.82, 2.24) is 25.8 Å². The number of carbonyl (C=O) groups is 4. The minimum absolute atomic E-state index is 0.0274. The third-order valence-electron chi connectivity index (χ3n) is 11.1. The van der Waals surface area contributed by atoms with Gasteiger partial charge in [0.1, 0.15) is 24.3 Å². The molecule has 6 aliphatic rings. The lowest BCUT2D eigenvalue weighted by Gasteiger charge is -2.38. The van der Waals surface area contributed by atoms with Crippen LogP contribution in [0.25, 0.3) is 0 Å². The van der Waals surface area contributed by atoms with Crippen LogP contribution in [0.1, 0.15) is 73.1 Å². The summed E-state index contributed by atoms with van der Waals surface area (Å²) >= 11 is 0. The van der Waals surface area contributed by atoms with Crippen molar-refractivity contribution in [2.45, 2.75) is 103 Å². The van der Waals surface area contributed by atoms with Gasteiger partial charge in [0.2, 0.25) is 17.7 Å². The monoisotopic (exact) mass is 570 g/mol. The molecular weight excluding hydrogens is 527 g/mol. The predicted octanol–water partition coefficient (Wildman–Crippen LogP) is 2.09. The average molecular weight is 571 g/mol. The van der Waals surface area contributed by atoms with Gasteiger partial charge in [-0.25, -0.2) is 9.18 Å². The number of hydrogen-bond donors (Lipinski definition) is 3. The van der Waals surface area contributed by atoms with Crippen molar-refractivity contribution in [2.75, 3.05) is 19.6 Å². The number of nitriles is 1. The van der Waals surface area contributed by atoms with Gasteiger partial charge in [-0.2, -0.15) is 5.26 Å². The second-order valence-electron chi connectivity index (χ2n) is 15.4. The summed E-state index contributed by atoms with van der Waals surface area (Å²) in [7, 11) is 0. The largest absolute Gasteiger partial charge is 0.350 e. The second-order valence-corrected chi connectivity index (χ2v) is 15.4. The fourth-order valence-corrected chi connectivity index (χ4v) is 7.89. The van der Waals surface area contributed by atoms with E-state index in [1.54, 1.807) is 4.90 Å². The molecule has 0 aromatic carbocycles. The Morgan fingerprint density at radius 2 is 1.83 bits per heavy atom. The molecule has 3 aliphatic heterocycles. The van der Waals surface area contributed by atoms with E-state index in [4.69, 9.17) is 0 Å². The van der Waals surface area contributed by atoms with Gasteiger partial charge >= 0.3 is 6.03 Å². The van der Waals surface area contributed by atoms with Gasteiger partial charge in [-0.3, -0.25) is 14.4 Å². The molecular formula is C30H43FN6O4. The van der Waals surface area contributed by atoms with Crippen LogP contribution in [0.2, 0.25) is 0 Å². The SMILES string of the molecule is CC(C)(C)[C@H](NC(=O)N1C[C@H](F)C2(CC2)C1)C(=O)N1C[C@H]2C([C@H]1C(=O)N[C@H](C#N)C[C@@H]1CC3(CC3)NC1=O)C2(C)C. The molecule has 3 N–H and O–H groups in total. The molecule has 0 aromatic heterocycles. The number of hydrogen-bond acceptors (Lipinski definition) is 5. The highest BCUT2D eigenvalue weighted by atomic mass is 19.1. The predicted molar refractivity (Wildman–Crippen MR) is 147 cm³/mol. The van der Waals surface area contributed by atoms with Gasteiger partial charge in [0, 0.05) is 30.0 Å². The van der Waals surface area contributed by atoms with E-state index in [9.17, 15) is 28.8 Å². The topological polar surface area (TPSA) is 135 Å². The number of rotatable bonds is 6. The lowest BCUT2D eigenvalue weighted by Crippen LogP contribution is -2.61. The maximum absolute atomic E-state index is 14.5. The molecule has 5 amide bonds. The molecule has 6 fully saturated rings. The number of amides is 5. The van der Waals surface area contributed by atoms with Crippen molar-refractivity contribution in [1.29, 1.82) is 5.26 Å². The summed E-state index contributed by atoms with van der Waals surface area (Å²) in [5.41, 5.74) is -1.32. The highest BCUT2D eigenvalue weighted by Crippen LogP contribution is 2.65. The zero-order valence-electron chi connectivity index (χ0n) is 24.8. The minimum atomic E-state index is -1.05. The van der Waals surface area contributed by atoms with Crippen molar-refractivity contribution in [3.05, 3.63) is 0 Å². The van der Waals surface area contributed by atoms with E-state index in [1.165, 1.54) is 4.90 Å². The Labute approximate surface area is 241 Å². The molecule has 3 saturated heterocycles. The number of likely N-dealkylation sites (tertiary alicyclic amines) is 2. The van der Waals surface area contributed by atoms with Gasteiger partial charge in [-0.05, 0) is 61.2 Å². The zero-order valence-corrected chi connectivity index (χ0v) is 24.8. The Balaban J connectivity index is 1.16. The Bertz CT molecular complexity index is 1210. The van der Waals surface area contributed by atoms with E-state index in [-0.39, 0.29) is 53.5 Å². The van der Waals surface area contributed by atoms with Crippen molar-refractivity contribution in [2.24, 2.45) is 34.0 Å². The molecule has 3 heterocycles. The molecule has 2 spiro atoms. The number of piperidine rings is 1. The van der Waals surface area contributed by atoms with Crippen molar-refractivity contribution in [3.63, 3.8) is 0 Å². The number of alkyl halides is 1. The van der Waals surface area contributed by atoms with Gasteiger partial charge in [0.15, 0.2) is 0 Å². The van der Waals surface area contributed by atoms with E-state index in [2.05, 4.69) is 35.9 Å². The van der Waals surface area contributed by atoms with Crippen LogP contribution in [0.4, 0.5) is 9.18 Å². The fraction of sp³-hybridized carbons (Fsp3) is 0.833. The molecule has 0 radical (unpaired) electrons. The van der Waals surface area contributed by atoms with E-state index < -0.39 is 47.1 Å². The first-order valence-electron chi connectivity index (χ1n) is 15.1. The lowest BCUT2D eigenvalue weighted by atomic mass is 9.85. The van der Waals surface area contributed by atoms with Crippen LogP contribution in [-0.4, -0.2) is 83.0 Å². The molecule has 11 heteroatoms. The first-order chi connectivity index (χ1) is 19.1. The number of nitrogens with one attached hydrogen (secondary N) is 3. The van der Waals surface area contributed by atoms with Crippen molar-refractivity contribution >= 4 is 23.8 Å². The summed E-state index contributed by atoms with van der Waals surface area (Å²) in [5, 5.41) is 18.7. The van der Waals surface area contributed by atoms with Crippen LogP contribution in [0, 0.1) is 45.3 Å². The smallest absolute Gasteiger partial charge is 0.318 e. The highest BCUT2D eigenvalue weighted by Gasteiger charge is 2.70. The van der Waals surface area contributed by atoms with Crippen LogP contribution in [0.5, 0.6) is 0 Å². The highest BCUT2D eigenvalue weighted by molar-refractivity contribution is 5.94. The molecule has 41 heavy (non-hydrogen) atoms.